The van der Waals surface area contributed by atoms with Gasteiger partial charge in [-0.05, 0) is 31.2 Å². The molecule has 1 aromatic carbocycles. The van der Waals surface area contributed by atoms with Crippen molar-refractivity contribution >= 4 is 0 Å². The fourth-order valence-electron chi connectivity index (χ4n) is 2.46. The molecule has 0 aliphatic heterocycles. The van der Waals surface area contributed by atoms with Crippen molar-refractivity contribution in [2.75, 3.05) is 6.61 Å². The molecule has 1 aromatic rings. The van der Waals surface area contributed by atoms with E-state index in [1.54, 1.807) is 30.3 Å². The Morgan fingerprint density at radius 3 is 1.88 bits per heavy atom. The SMILES string of the molecule is OCCCC(O)(CCc1ccccc1)CC(F)(F)C(F)(F)C(F)(F)F. The molecule has 1 unspecified atom stereocenters. The van der Waals surface area contributed by atoms with Crippen LogP contribution in [0, 0.1) is 0 Å². The third-order valence-electron chi connectivity index (χ3n) is 3.89. The van der Waals surface area contributed by atoms with Crippen LogP contribution in [0.5, 0.6) is 0 Å². The largest absolute Gasteiger partial charge is 0.459 e. The molecule has 0 aromatic heterocycles. The van der Waals surface area contributed by atoms with Crippen molar-refractivity contribution in [3.63, 3.8) is 0 Å². The number of aryl methyl sites for hydroxylation is 1. The van der Waals surface area contributed by atoms with E-state index < -0.39 is 49.5 Å². The molecule has 0 heterocycles. The maximum atomic E-state index is 13.7. The van der Waals surface area contributed by atoms with Gasteiger partial charge in [-0.15, -0.1) is 0 Å². The molecule has 1 rings (SSSR count). The fraction of sp³-hybridized carbons (Fsp3) is 0.625. The highest BCUT2D eigenvalue weighted by atomic mass is 19.4. The molecule has 144 valence electrons. The first kappa shape index (κ1) is 21.7. The molecule has 2 N–H and O–H groups in total. The summed E-state index contributed by atoms with van der Waals surface area (Å²) in [6.07, 6.45) is -9.66. The highest BCUT2D eigenvalue weighted by Crippen LogP contribution is 2.50. The van der Waals surface area contributed by atoms with Gasteiger partial charge in [0.25, 0.3) is 0 Å². The third kappa shape index (κ3) is 5.57. The van der Waals surface area contributed by atoms with Crippen molar-refractivity contribution in [2.45, 2.75) is 55.7 Å². The summed E-state index contributed by atoms with van der Waals surface area (Å²) in [4.78, 5) is 0. The summed E-state index contributed by atoms with van der Waals surface area (Å²) < 4.78 is 90.3. The molecule has 0 saturated heterocycles. The van der Waals surface area contributed by atoms with Crippen molar-refractivity contribution in [3.8, 4) is 0 Å². The molecule has 0 saturated carbocycles. The Morgan fingerprint density at radius 2 is 1.40 bits per heavy atom. The zero-order chi connectivity index (χ0) is 19.4. The van der Waals surface area contributed by atoms with Crippen LogP contribution in [0.1, 0.15) is 31.2 Å². The van der Waals surface area contributed by atoms with Crippen LogP contribution in [0.2, 0.25) is 0 Å². The second kappa shape index (κ2) is 7.90. The minimum absolute atomic E-state index is 0.0104. The molecule has 9 heteroatoms. The van der Waals surface area contributed by atoms with E-state index >= 15 is 0 Å². The van der Waals surface area contributed by atoms with Crippen LogP contribution in [-0.2, 0) is 6.42 Å². The highest BCUT2D eigenvalue weighted by Gasteiger charge is 2.73. The third-order valence-corrected chi connectivity index (χ3v) is 3.89. The quantitative estimate of drug-likeness (QED) is 0.630. The number of rotatable bonds is 9. The summed E-state index contributed by atoms with van der Waals surface area (Å²) >= 11 is 0. The lowest BCUT2D eigenvalue weighted by atomic mass is 9.83. The van der Waals surface area contributed by atoms with Gasteiger partial charge in [0.15, 0.2) is 0 Å². The van der Waals surface area contributed by atoms with Gasteiger partial charge in [0.05, 0.1) is 5.60 Å². The Balaban J connectivity index is 2.96. The second-order valence-corrected chi connectivity index (χ2v) is 5.99. The number of aliphatic hydroxyl groups excluding tert-OH is 1. The predicted octanol–water partition coefficient (Wildman–Crippen LogP) is 4.35. The summed E-state index contributed by atoms with van der Waals surface area (Å²) in [6.45, 7) is -0.519. The lowest BCUT2D eigenvalue weighted by Gasteiger charge is -2.36. The number of hydrogen-bond donors (Lipinski definition) is 2. The Labute approximate surface area is 140 Å². The molecule has 1 atom stereocenters. The number of hydrogen-bond acceptors (Lipinski definition) is 2. The van der Waals surface area contributed by atoms with Crippen molar-refractivity contribution in [1.82, 2.24) is 0 Å². The Kier molecular flexibility index (Phi) is 6.86. The van der Waals surface area contributed by atoms with Crippen molar-refractivity contribution in [1.29, 1.82) is 0 Å². The summed E-state index contributed by atoms with van der Waals surface area (Å²) in [5.41, 5.74) is -1.87. The van der Waals surface area contributed by atoms with Crippen LogP contribution >= 0.6 is 0 Å². The van der Waals surface area contributed by atoms with Crippen LogP contribution in [0.15, 0.2) is 30.3 Å². The van der Waals surface area contributed by atoms with E-state index in [9.17, 15) is 35.8 Å². The summed E-state index contributed by atoms with van der Waals surface area (Å²) in [5, 5.41) is 19.1. The van der Waals surface area contributed by atoms with E-state index in [2.05, 4.69) is 0 Å². The van der Waals surface area contributed by atoms with Crippen LogP contribution < -0.4 is 0 Å². The minimum Gasteiger partial charge on any atom is -0.396 e. The van der Waals surface area contributed by atoms with Gasteiger partial charge in [-0.25, -0.2) is 0 Å². The molecule has 0 aliphatic carbocycles. The van der Waals surface area contributed by atoms with E-state index in [1.807, 2.05) is 0 Å². The van der Waals surface area contributed by atoms with Gasteiger partial charge in [-0.2, -0.15) is 30.7 Å². The van der Waals surface area contributed by atoms with Crippen molar-refractivity contribution in [3.05, 3.63) is 35.9 Å². The highest BCUT2D eigenvalue weighted by molar-refractivity contribution is 5.15. The molecule has 25 heavy (non-hydrogen) atoms. The number of aliphatic hydroxyl groups is 2. The maximum absolute atomic E-state index is 13.7. The first-order valence-electron chi connectivity index (χ1n) is 7.54. The van der Waals surface area contributed by atoms with E-state index in [0.717, 1.165) is 0 Å². The molecule has 0 spiro atoms. The van der Waals surface area contributed by atoms with Gasteiger partial charge in [-0.1, -0.05) is 30.3 Å². The Morgan fingerprint density at radius 1 is 0.840 bits per heavy atom. The van der Waals surface area contributed by atoms with Crippen LogP contribution in [0.4, 0.5) is 30.7 Å². The average Bonchev–Trinajstić information content (AvgIpc) is 2.50. The second-order valence-electron chi connectivity index (χ2n) is 5.99. The first-order valence-corrected chi connectivity index (χ1v) is 7.54. The predicted molar refractivity (Wildman–Crippen MR) is 76.6 cm³/mol. The lowest BCUT2D eigenvalue weighted by molar-refractivity contribution is -0.361. The van der Waals surface area contributed by atoms with Gasteiger partial charge >= 0.3 is 18.0 Å². The summed E-state index contributed by atoms with van der Waals surface area (Å²) in [6, 6.07) is 8.16. The lowest BCUT2D eigenvalue weighted by Crippen LogP contribution is -2.55. The Bertz CT molecular complexity index is 531. The van der Waals surface area contributed by atoms with Crippen LogP contribution in [0.3, 0.4) is 0 Å². The standard InChI is InChI=1S/C16H19F7O2/c17-14(18,15(19,20)16(21,22)23)11-13(25,8-4-10-24)9-7-12-5-2-1-3-6-12/h1-3,5-6,24-25H,4,7-11H2. The van der Waals surface area contributed by atoms with E-state index in [0.29, 0.717) is 5.56 Å². The molecule has 0 aliphatic rings. The fourth-order valence-corrected chi connectivity index (χ4v) is 2.46. The monoisotopic (exact) mass is 376 g/mol. The van der Waals surface area contributed by atoms with Crippen molar-refractivity contribution in [2.24, 2.45) is 0 Å². The van der Waals surface area contributed by atoms with Crippen LogP contribution in [-0.4, -0.2) is 40.4 Å². The molecule has 0 radical (unpaired) electrons. The molecule has 2 nitrogen and oxygen atoms in total. The van der Waals surface area contributed by atoms with E-state index in [-0.39, 0.29) is 12.8 Å². The zero-order valence-electron chi connectivity index (χ0n) is 13.2. The minimum atomic E-state index is -6.44. The topological polar surface area (TPSA) is 40.5 Å². The average molecular weight is 376 g/mol. The molecular formula is C16H19F7O2. The van der Waals surface area contributed by atoms with Crippen molar-refractivity contribution < 1.29 is 40.9 Å². The normalized spacial score (nSPS) is 15.9. The molecule has 0 amide bonds. The van der Waals surface area contributed by atoms with Crippen LogP contribution in [0.25, 0.3) is 0 Å². The molecule has 0 fully saturated rings. The van der Waals surface area contributed by atoms with Gasteiger partial charge < -0.3 is 10.2 Å². The molecular weight excluding hydrogens is 357 g/mol. The smallest absolute Gasteiger partial charge is 0.396 e. The zero-order valence-corrected chi connectivity index (χ0v) is 13.2. The maximum Gasteiger partial charge on any atom is 0.459 e. The summed E-state index contributed by atoms with van der Waals surface area (Å²) in [7, 11) is 0. The number of alkyl halides is 7. The number of benzene rings is 1. The summed E-state index contributed by atoms with van der Waals surface area (Å²) in [5.74, 6) is -11.7. The number of halogens is 7. The van der Waals surface area contributed by atoms with Gasteiger partial charge in [0, 0.05) is 13.0 Å². The van der Waals surface area contributed by atoms with E-state index in [4.69, 9.17) is 5.11 Å². The molecule has 0 bridgehead atoms. The van der Waals surface area contributed by atoms with Gasteiger partial charge in [0.1, 0.15) is 0 Å². The van der Waals surface area contributed by atoms with Gasteiger partial charge in [0.2, 0.25) is 0 Å². The first-order chi connectivity index (χ1) is 11.3. The van der Waals surface area contributed by atoms with E-state index in [1.165, 1.54) is 0 Å². The van der Waals surface area contributed by atoms with Gasteiger partial charge in [-0.3, -0.25) is 0 Å². The Hall–Kier alpha value is -1.35.